The third kappa shape index (κ3) is 5.39. The fraction of sp³-hybridized carbons (Fsp3) is 0.400. The van der Waals surface area contributed by atoms with E-state index in [0.717, 1.165) is 17.9 Å². The quantitative estimate of drug-likeness (QED) is 0.686. The van der Waals surface area contributed by atoms with Gasteiger partial charge in [0.1, 0.15) is 0 Å². The van der Waals surface area contributed by atoms with Crippen molar-refractivity contribution in [3.05, 3.63) is 65.8 Å². The second kappa shape index (κ2) is 7.86. The third-order valence-corrected chi connectivity index (χ3v) is 9.07. The van der Waals surface area contributed by atoms with Crippen molar-refractivity contribution in [3.63, 3.8) is 0 Å². The fourth-order valence-electron chi connectivity index (χ4n) is 2.02. The zero-order valence-electron chi connectivity index (χ0n) is 15.4. The maximum absolute atomic E-state index is 6.14. The molecular formula is C20H28N2OSi. The van der Waals surface area contributed by atoms with E-state index in [1.807, 2.05) is 30.5 Å². The van der Waals surface area contributed by atoms with Crippen LogP contribution in [0.25, 0.3) is 6.08 Å². The molecule has 1 heterocycles. The summed E-state index contributed by atoms with van der Waals surface area (Å²) in [5.74, 6) is 0.738. The second-order valence-corrected chi connectivity index (χ2v) is 12.4. The van der Waals surface area contributed by atoms with E-state index in [4.69, 9.17) is 4.43 Å². The molecule has 4 heteroatoms. The molecule has 24 heavy (non-hydrogen) atoms. The normalized spacial score (nSPS) is 12.7. The van der Waals surface area contributed by atoms with Crippen molar-refractivity contribution in [3.8, 4) is 0 Å². The Balaban J connectivity index is 1.95. The number of aromatic nitrogens is 2. The van der Waals surface area contributed by atoms with Crippen LogP contribution in [0.2, 0.25) is 18.1 Å². The smallest absolute Gasteiger partial charge is 0.192 e. The second-order valence-electron chi connectivity index (χ2n) is 7.54. The molecule has 0 radical (unpaired) electrons. The van der Waals surface area contributed by atoms with Gasteiger partial charge in [-0.3, -0.25) is 0 Å². The van der Waals surface area contributed by atoms with Gasteiger partial charge in [0.05, 0.1) is 6.61 Å². The molecule has 0 saturated heterocycles. The number of hydrogen-bond acceptors (Lipinski definition) is 3. The van der Waals surface area contributed by atoms with Gasteiger partial charge in [0, 0.05) is 18.3 Å². The van der Waals surface area contributed by atoms with E-state index in [9.17, 15) is 0 Å². The van der Waals surface area contributed by atoms with Crippen LogP contribution >= 0.6 is 0 Å². The maximum atomic E-state index is 6.14. The highest BCUT2D eigenvalue weighted by atomic mass is 28.4. The van der Waals surface area contributed by atoms with E-state index in [2.05, 4.69) is 68.1 Å². The molecule has 0 N–H and O–H groups in total. The molecule has 0 aliphatic rings. The molecule has 0 unspecified atom stereocenters. The van der Waals surface area contributed by atoms with Crippen LogP contribution in [0, 0.1) is 0 Å². The summed E-state index contributed by atoms with van der Waals surface area (Å²) in [6, 6.07) is 12.3. The van der Waals surface area contributed by atoms with E-state index in [1.54, 1.807) is 0 Å². The van der Waals surface area contributed by atoms with Crippen LogP contribution in [-0.4, -0.2) is 24.9 Å². The molecule has 0 saturated carbocycles. The highest BCUT2D eigenvalue weighted by Gasteiger charge is 2.36. The van der Waals surface area contributed by atoms with Gasteiger partial charge in [-0.25, -0.2) is 9.97 Å². The Kier molecular flexibility index (Phi) is 6.08. The Bertz CT molecular complexity index is 676. The van der Waals surface area contributed by atoms with Crippen molar-refractivity contribution in [1.82, 2.24) is 9.97 Å². The highest BCUT2D eigenvalue weighted by Crippen LogP contribution is 2.36. The first kappa shape index (κ1) is 18.6. The van der Waals surface area contributed by atoms with Crippen molar-refractivity contribution in [2.45, 2.75) is 45.3 Å². The van der Waals surface area contributed by atoms with Gasteiger partial charge in [-0.2, -0.15) is 0 Å². The minimum Gasteiger partial charge on any atom is -0.413 e. The van der Waals surface area contributed by atoms with E-state index in [0.29, 0.717) is 6.61 Å². The first-order valence-electron chi connectivity index (χ1n) is 8.44. The van der Waals surface area contributed by atoms with Gasteiger partial charge < -0.3 is 4.43 Å². The van der Waals surface area contributed by atoms with E-state index < -0.39 is 8.32 Å². The van der Waals surface area contributed by atoms with E-state index in [1.165, 1.54) is 5.56 Å². The van der Waals surface area contributed by atoms with Gasteiger partial charge in [0.2, 0.25) is 0 Å². The molecule has 1 aromatic carbocycles. The van der Waals surface area contributed by atoms with Gasteiger partial charge in [0.15, 0.2) is 14.1 Å². The largest absolute Gasteiger partial charge is 0.413 e. The predicted molar refractivity (Wildman–Crippen MR) is 103 cm³/mol. The number of benzene rings is 1. The Labute approximate surface area is 147 Å². The first-order valence-corrected chi connectivity index (χ1v) is 11.4. The van der Waals surface area contributed by atoms with Crippen LogP contribution in [0.5, 0.6) is 0 Å². The summed E-state index contributed by atoms with van der Waals surface area (Å²) in [4.78, 5) is 8.93. The average molecular weight is 341 g/mol. The first-order chi connectivity index (χ1) is 11.3. The SMILES string of the molecule is CC(C)(C)[Si](C)(C)OCC=Cc1nccc(Cc2ccccc2)n1. The molecule has 2 rings (SSSR count). The Hall–Kier alpha value is -1.78. The van der Waals surface area contributed by atoms with Crippen LogP contribution in [0.1, 0.15) is 37.9 Å². The van der Waals surface area contributed by atoms with E-state index >= 15 is 0 Å². The monoisotopic (exact) mass is 340 g/mol. The molecule has 0 bridgehead atoms. The Morgan fingerprint density at radius 1 is 1.08 bits per heavy atom. The molecule has 0 spiro atoms. The lowest BCUT2D eigenvalue weighted by molar-refractivity contribution is 0.328. The number of nitrogens with zero attached hydrogens (tertiary/aromatic N) is 2. The summed E-state index contributed by atoms with van der Waals surface area (Å²) in [7, 11) is -1.70. The Morgan fingerprint density at radius 2 is 1.79 bits per heavy atom. The van der Waals surface area contributed by atoms with Gasteiger partial charge in [0.25, 0.3) is 0 Å². The summed E-state index contributed by atoms with van der Waals surface area (Å²) < 4.78 is 6.14. The van der Waals surface area contributed by atoms with Crippen molar-refractivity contribution in [2.75, 3.05) is 6.61 Å². The number of hydrogen-bond donors (Lipinski definition) is 0. The van der Waals surface area contributed by atoms with Crippen LogP contribution in [-0.2, 0) is 10.8 Å². The molecule has 0 atom stereocenters. The van der Waals surface area contributed by atoms with Crippen molar-refractivity contribution >= 4 is 14.4 Å². The summed E-state index contributed by atoms with van der Waals surface area (Å²) in [5, 5.41) is 0.229. The van der Waals surface area contributed by atoms with Gasteiger partial charge in [-0.05, 0) is 35.8 Å². The van der Waals surface area contributed by atoms with Gasteiger partial charge in [-0.15, -0.1) is 0 Å². The van der Waals surface area contributed by atoms with Crippen LogP contribution in [0.15, 0.2) is 48.7 Å². The summed E-state index contributed by atoms with van der Waals surface area (Å²) in [5.41, 5.74) is 2.29. The van der Waals surface area contributed by atoms with Crippen molar-refractivity contribution < 1.29 is 4.43 Å². The molecule has 128 valence electrons. The lowest BCUT2D eigenvalue weighted by atomic mass is 10.1. The zero-order valence-corrected chi connectivity index (χ0v) is 16.4. The molecule has 0 aliphatic heterocycles. The lowest BCUT2D eigenvalue weighted by Crippen LogP contribution is -2.40. The van der Waals surface area contributed by atoms with E-state index in [-0.39, 0.29) is 5.04 Å². The summed E-state index contributed by atoms with van der Waals surface area (Å²) in [6.07, 6.45) is 6.61. The molecule has 2 aromatic rings. The minimum atomic E-state index is -1.70. The molecule has 0 aliphatic carbocycles. The molecule has 0 amide bonds. The van der Waals surface area contributed by atoms with Crippen LogP contribution in [0.3, 0.4) is 0 Å². The standard InChI is InChI=1S/C20H28N2OSi/c1-20(2,3)24(4,5)23-15-9-12-19-21-14-13-18(22-19)16-17-10-7-6-8-11-17/h6-14H,15-16H2,1-5H3. The van der Waals surface area contributed by atoms with Gasteiger partial charge in [-0.1, -0.05) is 57.2 Å². The summed E-state index contributed by atoms with van der Waals surface area (Å²) >= 11 is 0. The van der Waals surface area contributed by atoms with Gasteiger partial charge >= 0.3 is 0 Å². The molecule has 0 fully saturated rings. The maximum Gasteiger partial charge on any atom is 0.192 e. The fourth-order valence-corrected chi connectivity index (χ4v) is 2.97. The number of rotatable bonds is 6. The Morgan fingerprint density at radius 3 is 2.46 bits per heavy atom. The topological polar surface area (TPSA) is 35.0 Å². The molecule has 3 nitrogen and oxygen atoms in total. The predicted octanol–water partition coefficient (Wildman–Crippen LogP) is 5.10. The lowest BCUT2D eigenvalue weighted by Gasteiger charge is -2.35. The minimum absolute atomic E-state index is 0.229. The van der Waals surface area contributed by atoms with Crippen molar-refractivity contribution in [2.24, 2.45) is 0 Å². The molecular weight excluding hydrogens is 312 g/mol. The highest BCUT2D eigenvalue weighted by molar-refractivity contribution is 6.74. The average Bonchev–Trinajstić information content (AvgIpc) is 2.52. The zero-order chi connectivity index (χ0) is 17.6. The third-order valence-electron chi connectivity index (χ3n) is 4.57. The van der Waals surface area contributed by atoms with Crippen LogP contribution < -0.4 is 0 Å². The summed E-state index contributed by atoms with van der Waals surface area (Å²) in [6.45, 7) is 11.9. The van der Waals surface area contributed by atoms with Crippen molar-refractivity contribution in [1.29, 1.82) is 0 Å². The molecule has 1 aromatic heterocycles. The van der Waals surface area contributed by atoms with Crippen LogP contribution in [0.4, 0.5) is 0 Å².